The van der Waals surface area contributed by atoms with Crippen molar-refractivity contribution in [1.82, 2.24) is 9.62 Å². The summed E-state index contributed by atoms with van der Waals surface area (Å²) < 4.78 is 32.4. The van der Waals surface area contributed by atoms with E-state index in [1.807, 2.05) is 0 Å². The van der Waals surface area contributed by atoms with Crippen LogP contribution in [0.25, 0.3) is 0 Å². The first-order valence-corrected chi connectivity index (χ1v) is 11.9. The third-order valence-corrected chi connectivity index (χ3v) is 7.83. The summed E-state index contributed by atoms with van der Waals surface area (Å²) in [5.41, 5.74) is 0. The van der Waals surface area contributed by atoms with Crippen LogP contribution in [0, 0.1) is 11.8 Å². The molecule has 1 N–H and O–H groups in total. The van der Waals surface area contributed by atoms with Crippen molar-refractivity contribution in [2.45, 2.75) is 71.1 Å². The predicted molar refractivity (Wildman–Crippen MR) is 122 cm³/mol. The number of carbonyl (C=O) groups excluding carboxylic acids is 1. The molecule has 7 heteroatoms. The summed E-state index contributed by atoms with van der Waals surface area (Å²) in [6.45, 7) is 1.49. The molecule has 172 valence electrons. The normalized spacial score (nSPS) is 20.9. The molecule has 1 aliphatic carbocycles. The molecule has 1 saturated heterocycles. The summed E-state index contributed by atoms with van der Waals surface area (Å²) >= 11 is 0. The Labute approximate surface area is 183 Å². The first-order valence-electron chi connectivity index (χ1n) is 10.4. The zero-order valence-corrected chi connectivity index (χ0v) is 17.5. The lowest BCUT2D eigenvalue weighted by Crippen LogP contribution is -2.36. The van der Waals surface area contributed by atoms with E-state index in [1.54, 1.807) is 24.3 Å². The minimum absolute atomic E-state index is 0. The number of amides is 1. The predicted octanol–water partition coefficient (Wildman–Crippen LogP) is 4.45. The fraction of sp³-hybridized carbons (Fsp3) is 0.696. The Morgan fingerprint density at radius 3 is 2.43 bits per heavy atom. The van der Waals surface area contributed by atoms with Crippen molar-refractivity contribution in [3.05, 3.63) is 24.3 Å². The van der Waals surface area contributed by atoms with E-state index in [0.29, 0.717) is 25.4 Å². The largest absolute Gasteiger partial charge is 0.497 e. The summed E-state index contributed by atoms with van der Waals surface area (Å²) in [7, 11) is -2.01. The van der Waals surface area contributed by atoms with Gasteiger partial charge in [-0.15, -0.1) is 0 Å². The second kappa shape index (κ2) is 12.3. The quantitative estimate of drug-likeness (QED) is 0.709. The second-order valence-electron chi connectivity index (χ2n) is 7.98. The van der Waals surface area contributed by atoms with E-state index in [-0.39, 0.29) is 37.5 Å². The van der Waals surface area contributed by atoms with Gasteiger partial charge in [-0.3, -0.25) is 4.79 Å². The van der Waals surface area contributed by atoms with Gasteiger partial charge in [0.2, 0.25) is 15.9 Å². The molecule has 1 aliphatic heterocycles. The monoisotopic (exact) mass is 440 g/mol. The molecule has 0 aromatic heterocycles. The molecule has 6 nitrogen and oxygen atoms in total. The number of sulfonamides is 1. The Kier molecular flexibility index (Phi) is 10.8. The number of methoxy groups -OCH3 is 1. The van der Waals surface area contributed by atoms with E-state index in [4.69, 9.17) is 4.74 Å². The topological polar surface area (TPSA) is 75.7 Å². The number of hydrogen-bond donors (Lipinski definition) is 1. The van der Waals surface area contributed by atoms with Crippen LogP contribution < -0.4 is 10.1 Å². The Morgan fingerprint density at radius 1 is 1.10 bits per heavy atom. The van der Waals surface area contributed by atoms with Gasteiger partial charge >= 0.3 is 0 Å². The van der Waals surface area contributed by atoms with Gasteiger partial charge in [-0.05, 0) is 37.3 Å². The van der Waals surface area contributed by atoms with Crippen LogP contribution in [0.15, 0.2) is 29.2 Å². The van der Waals surface area contributed by atoms with Gasteiger partial charge in [0.25, 0.3) is 0 Å². The smallest absolute Gasteiger partial charge is 0.243 e. The maximum atomic E-state index is 12.9. The minimum atomic E-state index is -3.53. The lowest BCUT2D eigenvalue weighted by Gasteiger charge is -2.21. The fourth-order valence-electron chi connectivity index (χ4n) is 4.20. The van der Waals surface area contributed by atoms with Gasteiger partial charge in [0.15, 0.2) is 0 Å². The zero-order valence-electron chi connectivity index (χ0n) is 16.7. The molecular formula is C23H40N2O4S. The number of hydrogen-bond acceptors (Lipinski definition) is 4. The summed E-state index contributed by atoms with van der Waals surface area (Å²) in [6, 6.07) is 6.58. The number of ether oxygens (including phenoxy) is 1. The van der Waals surface area contributed by atoms with Crippen LogP contribution in [0.4, 0.5) is 0 Å². The van der Waals surface area contributed by atoms with Crippen LogP contribution in [-0.2, 0) is 14.8 Å². The molecule has 30 heavy (non-hydrogen) atoms. The molecule has 1 aromatic carbocycles. The highest BCUT2D eigenvalue weighted by molar-refractivity contribution is 7.89. The third kappa shape index (κ3) is 6.71. The van der Waals surface area contributed by atoms with E-state index >= 15 is 0 Å². The van der Waals surface area contributed by atoms with Crippen LogP contribution in [0.5, 0.6) is 5.75 Å². The molecule has 3 rings (SSSR count). The van der Waals surface area contributed by atoms with Crippen molar-refractivity contribution in [2.75, 3.05) is 26.7 Å². The number of nitrogens with zero attached hydrogens (tertiary/aromatic N) is 1. The SMILES string of the molecule is C.C.COc1cccc(S(=O)(=O)N2CCC(CNC(=O)C3CCCCCCC3)C2)c1. The molecule has 1 amide bonds. The lowest BCUT2D eigenvalue weighted by atomic mass is 9.90. The maximum Gasteiger partial charge on any atom is 0.243 e. The van der Waals surface area contributed by atoms with Crippen molar-refractivity contribution < 1.29 is 17.9 Å². The Bertz CT molecular complexity index is 758. The van der Waals surface area contributed by atoms with Gasteiger partial charge in [0.05, 0.1) is 12.0 Å². The third-order valence-electron chi connectivity index (χ3n) is 5.97. The number of carbonyl (C=O) groups is 1. The van der Waals surface area contributed by atoms with Crippen LogP contribution in [0.1, 0.15) is 66.2 Å². The molecule has 0 radical (unpaired) electrons. The van der Waals surface area contributed by atoms with Crippen molar-refractivity contribution in [2.24, 2.45) is 11.8 Å². The van der Waals surface area contributed by atoms with Gasteiger partial charge in [-0.2, -0.15) is 4.31 Å². The Morgan fingerprint density at radius 2 is 1.77 bits per heavy atom. The standard InChI is InChI=1S/C21H32N2O4S.2CH4/c1-27-19-10-7-11-20(14-19)28(25,26)23-13-12-17(16-23)15-22-21(24)18-8-5-3-2-4-6-9-18;;/h7,10-11,14,17-18H,2-6,8-9,12-13,15-16H2,1H3,(H,22,24);2*1H4. The van der Waals surface area contributed by atoms with E-state index in [0.717, 1.165) is 32.1 Å². The second-order valence-corrected chi connectivity index (χ2v) is 9.92. The van der Waals surface area contributed by atoms with Gasteiger partial charge in [-0.25, -0.2) is 8.42 Å². The van der Waals surface area contributed by atoms with Gasteiger partial charge < -0.3 is 10.1 Å². The molecule has 0 spiro atoms. The number of rotatable bonds is 6. The summed E-state index contributed by atoms with van der Waals surface area (Å²) in [6.07, 6.45) is 8.73. The molecular weight excluding hydrogens is 400 g/mol. The molecule has 2 fully saturated rings. The zero-order chi connectivity index (χ0) is 20.0. The summed E-state index contributed by atoms with van der Waals surface area (Å²) in [5.74, 6) is 0.968. The van der Waals surface area contributed by atoms with E-state index in [9.17, 15) is 13.2 Å². The molecule has 1 saturated carbocycles. The molecule has 1 atom stereocenters. The van der Waals surface area contributed by atoms with Crippen molar-refractivity contribution in [3.63, 3.8) is 0 Å². The van der Waals surface area contributed by atoms with Crippen molar-refractivity contribution in [3.8, 4) is 5.75 Å². The highest BCUT2D eigenvalue weighted by atomic mass is 32.2. The average molecular weight is 441 g/mol. The fourth-order valence-corrected chi connectivity index (χ4v) is 5.77. The molecule has 2 aliphatic rings. The highest BCUT2D eigenvalue weighted by Gasteiger charge is 2.33. The van der Waals surface area contributed by atoms with E-state index in [1.165, 1.54) is 30.7 Å². The van der Waals surface area contributed by atoms with Crippen LogP contribution in [0.2, 0.25) is 0 Å². The lowest BCUT2D eigenvalue weighted by molar-refractivity contribution is -0.125. The first-order chi connectivity index (χ1) is 13.5. The highest BCUT2D eigenvalue weighted by Crippen LogP contribution is 2.27. The summed E-state index contributed by atoms with van der Waals surface area (Å²) in [4.78, 5) is 12.8. The van der Waals surface area contributed by atoms with Crippen LogP contribution >= 0.6 is 0 Å². The number of nitrogens with one attached hydrogen (secondary N) is 1. The van der Waals surface area contributed by atoms with Crippen LogP contribution in [-0.4, -0.2) is 45.4 Å². The van der Waals surface area contributed by atoms with E-state index in [2.05, 4.69) is 5.32 Å². The molecule has 1 unspecified atom stereocenters. The number of benzene rings is 1. The maximum absolute atomic E-state index is 12.9. The molecule has 0 bridgehead atoms. The molecule has 1 heterocycles. The Balaban J connectivity index is 0.00000225. The van der Waals surface area contributed by atoms with Crippen molar-refractivity contribution >= 4 is 15.9 Å². The summed E-state index contributed by atoms with van der Waals surface area (Å²) in [5, 5.41) is 3.09. The first kappa shape index (κ1) is 26.4. The van der Waals surface area contributed by atoms with Gasteiger partial charge in [-0.1, -0.05) is 53.0 Å². The van der Waals surface area contributed by atoms with E-state index < -0.39 is 10.0 Å². The van der Waals surface area contributed by atoms with Gasteiger partial charge in [0, 0.05) is 31.6 Å². The molecule has 1 aromatic rings. The minimum Gasteiger partial charge on any atom is -0.497 e. The average Bonchev–Trinajstić information content (AvgIpc) is 3.16. The Hall–Kier alpha value is -1.60. The van der Waals surface area contributed by atoms with Gasteiger partial charge in [0.1, 0.15) is 5.75 Å². The van der Waals surface area contributed by atoms with Crippen LogP contribution in [0.3, 0.4) is 0 Å². The van der Waals surface area contributed by atoms with Crippen molar-refractivity contribution in [1.29, 1.82) is 0 Å².